The fourth-order valence-corrected chi connectivity index (χ4v) is 2.82. The first-order valence-electron chi connectivity index (χ1n) is 7.55. The lowest BCUT2D eigenvalue weighted by molar-refractivity contribution is 0.0690. The van der Waals surface area contributed by atoms with Crippen LogP contribution >= 0.6 is 11.6 Å². The van der Waals surface area contributed by atoms with Crippen molar-refractivity contribution in [1.82, 2.24) is 14.5 Å². The van der Waals surface area contributed by atoms with E-state index in [9.17, 15) is 9.90 Å². The number of carboxylic acids is 1. The minimum Gasteiger partial charge on any atom is -0.476 e. The maximum absolute atomic E-state index is 11.6. The zero-order valence-electron chi connectivity index (χ0n) is 13.3. The SMILES string of the molecule is CCc1c(C(=O)O)nc(-c2ncccc2C)n1-c1ccc(Cl)cc1. The van der Waals surface area contributed by atoms with Crippen LogP contribution in [0.3, 0.4) is 0 Å². The van der Waals surface area contributed by atoms with Crippen LogP contribution < -0.4 is 0 Å². The molecule has 0 unspecified atom stereocenters. The molecule has 0 atom stereocenters. The van der Waals surface area contributed by atoms with Gasteiger partial charge < -0.3 is 5.11 Å². The summed E-state index contributed by atoms with van der Waals surface area (Å²) in [6.07, 6.45) is 2.21. The molecule has 0 amide bonds. The molecular weight excluding hydrogens is 326 g/mol. The second kappa shape index (κ2) is 6.45. The fraction of sp³-hybridized carbons (Fsp3) is 0.167. The summed E-state index contributed by atoms with van der Waals surface area (Å²) in [5.74, 6) is -0.529. The van der Waals surface area contributed by atoms with Crippen LogP contribution in [0.15, 0.2) is 42.6 Å². The average molecular weight is 342 g/mol. The number of aryl methyl sites for hydroxylation is 1. The van der Waals surface area contributed by atoms with E-state index in [1.54, 1.807) is 18.3 Å². The van der Waals surface area contributed by atoms with E-state index in [4.69, 9.17) is 11.6 Å². The van der Waals surface area contributed by atoms with Crippen LogP contribution in [0.5, 0.6) is 0 Å². The molecule has 2 aromatic heterocycles. The highest BCUT2D eigenvalue weighted by molar-refractivity contribution is 6.30. The molecule has 0 aliphatic carbocycles. The number of pyridine rings is 1. The Morgan fingerprint density at radius 1 is 1.25 bits per heavy atom. The van der Waals surface area contributed by atoms with Gasteiger partial charge in [0.05, 0.1) is 5.69 Å². The van der Waals surface area contributed by atoms with Crippen molar-refractivity contribution in [3.63, 3.8) is 0 Å². The molecule has 122 valence electrons. The van der Waals surface area contributed by atoms with Crippen LogP contribution in [-0.4, -0.2) is 25.6 Å². The second-order valence-electron chi connectivity index (χ2n) is 5.37. The number of imidazole rings is 1. The first-order valence-corrected chi connectivity index (χ1v) is 7.93. The quantitative estimate of drug-likeness (QED) is 0.773. The lowest BCUT2D eigenvalue weighted by Gasteiger charge is -2.12. The lowest BCUT2D eigenvalue weighted by atomic mass is 10.2. The van der Waals surface area contributed by atoms with E-state index in [1.807, 2.05) is 42.7 Å². The highest BCUT2D eigenvalue weighted by Gasteiger charge is 2.24. The van der Waals surface area contributed by atoms with Gasteiger partial charge in [0.25, 0.3) is 0 Å². The minimum atomic E-state index is -1.05. The summed E-state index contributed by atoms with van der Waals surface area (Å²) >= 11 is 5.98. The van der Waals surface area contributed by atoms with Gasteiger partial charge in [0.2, 0.25) is 0 Å². The molecule has 0 bridgehead atoms. The number of benzene rings is 1. The van der Waals surface area contributed by atoms with Crippen molar-refractivity contribution in [3.8, 4) is 17.2 Å². The summed E-state index contributed by atoms with van der Waals surface area (Å²) in [4.78, 5) is 20.4. The van der Waals surface area contributed by atoms with E-state index in [1.165, 1.54) is 0 Å². The van der Waals surface area contributed by atoms with Gasteiger partial charge in [0.1, 0.15) is 5.69 Å². The van der Waals surface area contributed by atoms with Crippen LogP contribution in [0.4, 0.5) is 0 Å². The van der Waals surface area contributed by atoms with Crippen molar-refractivity contribution in [1.29, 1.82) is 0 Å². The number of rotatable bonds is 4. The van der Waals surface area contributed by atoms with E-state index < -0.39 is 5.97 Å². The van der Waals surface area contributed by atoms with Gasteiger partial charge in [-0.1, -0.05) is 24.6 Å². The predicted molar refractivity (Wildman–Crippen MR) is 92.9 cm³/mol. The number of hydrogen-bond acceptors (Lipinski definition) is 3. The van der Waals surface area contributed by atoms with Crippen molar-refractivity contribution in [2.45, 2.75) is 20.3 Å². The van der Waals surface area contributed by atoms with E-state index in [0.29, 0.717) is 28.7 Å². The van der Waals surface area contributed by atoms with Gasteiger partial charge in [-0.25, -0.2) is 9.78 Å². The standard InChI is InChI=1S/C18H16ClN3O2/c1-3-14-16(18(23)24)21-17(15-11(2)5-4-10-20-15)22(14)13-8-6-12(19)7-9-13/h4-10H,3H2,1-2H3,(H,23,24). The van der Waals surface area contributed by atoms with Gasteiger partial charge in [-0.05, 0) is 49.2 Å². The summed E-state index contributed by atoms with van der Waals surface area (Å²) in [6, 6.07) is 11.0. The van der Waals surface area contributed by atoms with Gasteiger partial charge >= 0.3 is 5.97 Å². The number of hydrogen-bond donors (Lipinski definition) is 1. The molecule has 1 N–H and O–H groups in total. The summed E-state index contributed by atoms with van der Waals surface area (Å²) in [5.41, 5.74) is 3.07. The largest absolute Gasteiger partial charge is 0.476 e. The normalized spacial score (nSPS) is 10.8. The number of carbonyl (C=O) groups is 1. The van der Waals surface area contributed by atoms with Crippen LogP contribution in [-0.2, 0) is 6.42 Å². The Morgan fingerprint density at radius 2 is 1.96 bits per heavy atom. The second-order valence-corrected chi connectivity index (χ2v) is 5.81. The third-order valence-electron chi connectivity index (χ3n) is 3.82. The fourth-order valence-electron chi connectivity index (χ4n) is 2.70. The van der Waals surface area contributed by atoms with Crippen molar-refractivity contribution >= 4 is 17.6 Å². The van der Waals surface area contributed by atoms with E-state index in [0.717, 1.165) is 11.3 Å². The van der Waals surface area contributed by atoms with Crippen LogP contribution in [0, 0.1) is 6.92 Å². The molecule has 0 saturated carbocycles. The van der Waals surface area contributed by atoms with Gasteiger partial charge in [0.15, 0.2) is 11.5 Å². The smallest absolute Gasteiger partial charge is 0.356 e. The maximum Gasteiger partial charge on any atom is 0.356 e. The number of aromatic carboxylic acids is 1. The van der Waals surface area contributed by atoms with E-state index in [2.05, 4.69) is 9.97 Å². The van der Waals surface area contributed by atoms with E-state index >= 15 is 0 Å². The molecule has 3 rings (SSSR count). The third kappa shape index (κ3) is 2.78. The summed E-state index contributed by atoms with van der Waals surface area (Å²) in [7, 11) is 0. The van der Waals surface area contributed by atoms with Gasteiger partial charge in [0, 0.05) is 16.9 Å². The average Bonchev–Trinajstić information content (AvgIpc) is 2.95. The predicted octanol–water partition coefficient (Wildman–Crippen LogP) is 4.16. The molecule has 3 aromatic rings. The van der Waals surface area contributed by atoms with Crippen molar-refractivity contribution in [2.24, 2.45) is 0 Å². The van der Waals surface area contributed by atoms with E-state index in [-0.39, 0.29) is 5.69 Å². The Labute approximate surface area is 144 Å². The Hall–Kier alpha value is -2.66. The van der Waals surface area contributed by atoms with Gasteiger partial charge in [-0.3, -0.25) is 9.55 Å². The Morgan fingerprint density at radius 3 is 2.54 bits per heavy atom. The lowest BCUT2D eigenvalue weighted by Crippen LogP contribution is -2.06. The number of nitrogens with zero attached hydrogens (tertiary/aromatic N) is 3. The van der Waals surface area contributed by atoms with Crippen LogP contribution in [0.1, 0.15) is 28.7 Å². The molecule has 0 aliphatic heterocycles. The van der Waals surface area contributed by atoms with Crippen LogP contribution in [0.25, 0.3) is 17.2 Å². The Kier molecular flexibility index (Phi) is 4.36. The molecule has 24 heavy (non-hydrogen) atoms. The first-order chi connectivity index (χ1) is 11.5. The number of carboxylic acid groups (broad SMARTS) is 1. The molecule has 0 radical (unpaired) electrons. The maximum atomic E-state index is 11.6. The molecule has 1 aromatic carbocycles. The third-order valence-corrected chi connectivity index (χ3v) is 4.07. The Balaban J connectivity index is 2.34. The molecule has 0 saturated heterocycles. The van der Waals surface area contributed by atoms with Gasteiger partial charge in [-0.2, -0.15) is 0 Å². The zero-order valence-corrected chi connectivity index (χ0v) is 14.1. The van der Waals surface area contributed by atoms with Crippen molar-refractivity contribution < 1.29 is 9.90 Å². The highest BCUT2D eigenvalue weighted by Crippen LogP contribution is 2.28. The number of aromatic nitrogens is 3. The molecule has 5 nitrogen and oxygen atoms in total. The summed E-state index contributed by atoms with van der Waals surface area (Å²) in [6.45, 7) is 3.83. The molecular formula is C18H16ClN3O2. The summed E-state index contributed by atoms with van der Waals surface area (Å²) in [5, 5.41) is 10.1. The van der Waals surface area contributed by atoms with Crippen molar-refractivity contribution in [3.05, 3.63) is 64.6 Å². The number of halogens is 1. The minimum absolute atomic E-state index is 0.0486. The van der Waals surface area contributed by atoms with Crippen molar-refractivity contribution in [2.75, 3.05) is 0 Å². The zero-order chi connectivity index (χ0) is 17.3. The Bertz CT molecular complexity index is 901. The summed E-state index contributed by atoms with van der Waals surface area (Å²) < 4.78 is 1.84. The molecule has 2 heterocycles. The molecule has 0 spiro atoms. The monoisotopic (exact) mass is 341 g/mol. The molecule has 6 heteroatoms. The molecule has 0 fully saturated rings. The van der Waals surface area contributed by atoms with Crippen LogP contribution in [0.2, 0.25) is 5.02 Å². The molecule has 0 aliphatic rings. The topological polar surface area (TPSA) is 68.0 Å². The highest BCUT2D eigenvalue weighted by atomic mass is 35.5. The first kappa shape index (κ1) is 16.2. The van der Waals surface area contributed by atoms with Gasteiger partial charge in [-0.15, -0.1) is 0 Å².